The molecule has 0 heterocycles. The van der Waals surface area contributed by atoms with E-state index in [0.29, 0.717) is 12.5 Å². The molecule has 0 spiro atoms. The van der Waals surface area contributed by atoms with Crippen LogP contribution in [0.15, 0.2) is 29.2 Å². The van der Waals surface area contributed by atoms with Crippen molar-refractivity contribution in [2.45, 2.75) is 18.7 Å². The van der Waals surface area contributed by atoms with Gasteiger partial charge in [0.25, 0.3) is 5.91 Å². The molecule has 18 heavy (non-hydrogen) atoms. The summed E-state index contributed by atoms with van der Waals surface area (Å²) in [6.07, 6.45) is 1.10. The lowest BCUT2D eigenvalue weighted by Gasteiger charge is -2.08. The topological polar surface area (TPSA) is 72.5 Å². The molecule has 1 aromatic carbocycles. The molecule has 0 aliphatic heterocycles. The molecular formula is C12H17NO4S. The number of benzene rings is 1. The second-order valence-electron chi connectivity index (χ2n) is 4.44. The summed E-state index contributed by atoms with van der Waals surface area (Å²) in [5, 5.41) is 0. The van der Waals surface area contributed by atoms with Crippen molar-refractivity contribution >= 4 is 15.7 Å². The number of carbonyl (C=O) groups excluding carboxylic acids is 1. The number of sulfone groups is 1. The minimum atomic E-state index is -3.31. The van der Waals surface area contributed by atoms with E-state index in [0.717, 1.165) is 6.26 Å². The highest BCUT2D eigenvalue weighted by Crippen LogP contribution is 2.11. The Labute approximate surface area is 107 Å². The molecule has 1 N–H and O–H groups in total. The van der Waals surface area contributed by atoms with Crippen LogP contribution >= 0.6 is 0 Å². The summed E-state index contributed by atoms with van der Waals surface area (Å²) < 4.78 is 22.7. The van der Waals surface area contributed by atoms with Crippen LogP contribution in [0, 0.1) is 5.92 Å². The molecule has 0 radical (unpaired) electrons. The molecule has 0 aliphatic carbocycles. The molecule has 0 atom stereocenters. The Balaban J connectivity index is 2.75. The van der Waals surface area contributed by atoms with Crippen LogP contribution in [-0.2, 0) is 14.7 Å². The fourth-order valence-corrected chi connectivity index (χ4v) is 1.87. The van der Waals surface area contributed by atoms with Crippen molar-refractivity contribution in [3.63, 3.8) is 0 Å². The predicted octanol–water partition coefficient (Wildman–Crippen LogP) is 1.41. The first-order valence-electron chi connectivity index (χ1n) is 5.53. The van der Waals surface area contributed by atoms with Gasteiger partial charge in [0.15, 0.2) is 9.84 Å². The molecule has 1 aromatic rings. The highest BCUT2D eigenvalue weighted by Gasteiger charge is 2.11. The minimum absolute atomic E-state index is 0.110. The summed E-state index contributed by atoms with van der Waals surface area (Å²) >= 11 is 0. The van der Waals surface area contributed by atoms with E-state index >= 15 is 0 Å². The van der Waals surface area contributed by atoms with Crippen LogP contribution in [0.1, 0.15) is 24.2 Å². The van der Waals surface area contributed by atoms with E-state index in [-0.39, 0.29) is 10.5 Å². The molecule has 0 bridgehead atoms. The third kappa shape index (κ3) is 4.46. The van der Waals surface area contributed by atoms with E-state index in [1.54, 1.807) is 0 Å². The van der Waals surface area contributed by atoms with E-state index in [4.69, 9.17) is 4.84 Å². The molecular weight excluding hydrogens is 254 g/mol. The Bertz CT molecular complexity index is 523. The van der Waals surface area contributed by atoms with Crippen LogP contribution < -0.4 is 5.48 Å². The van der Waals surface area contributed by atoms with Gasteiger partial charge in [-0.05, 0) is 24.1 Å². The Morgan fingerprint density at radius 2 is 2.06 bits per heavy atom. The van der Waals surface area contributed by atoms with Gasteiger partial charge >= 0.3 is 0 Å². The highest BCUT2D eigenvalue weighted by molar-refractivity contribution is 7.90. The fraction of sp³-hybridized carbons (Fsp3) is 0.417. The molecule has 0 aliphatic rings. The first-order chi connectivity index (χ1) is 8.30. The van der Waals surface area contributed by atoms with Crippen LogP contribution in [0.25, 0.3) is 0 Å². The second kappa shape index (κ2) is 5.97. The largest absolute Gasteiger partial charge is 0.274 e. The minimum Gasteiger partial charge on any atom is -0.273 e. The van der Waals surface area contributed by atoms with Crippen molar-refractivity contribution in [3.8, 4) is 0 Å². The van der Waals surface area contributed by atoms with Gasteiger partial charge in [0, 0.05) is 11.8 Å². The van der Waals surface area contributed by atoms with Gasteiger partial charge in [-0.2, -0.15) is 0 Å². The first kappa shape index (κ1) is 14.7. The zero-order valence-electron chi connectivity index (χ0n) is 10.6. The molecule has 6 heteroatoms. The SMILES string of the molecule is CC(C)CONC(=O)c1cccc(S(C)(=O)=O)c1. The van der Waals surface area contributed by atoms with Crippen molar-refractivity contribution in [1.82, 2.24) is 5.48 Å². The van der Waals surface area contributed by atoms with Crippen molar-refractivity contribution in [2.75, 3.05) is 12.9 Å². The number of carbonyl (C=O) groups is 1. The maximum absolute atomic E-state index is 11.7. The Morgan fingerprint density at radius 3 is 2.61 bits per heavy atom. The smallest absolute Gasteiger partial charge is 0.273 e. The average molecular weight is 271 g/mol. The number of hydrogen-bond donors (Lipinski definition) is 1. The predicted molar refractivity (Wildman–Crippen MR) is 67.8 cm³/mol. The lowest BCUT2D eigenvalue weighted by Crippen LogP contribution is -2.25. The summed E-state index contributed by atoms with van der Waals surface area (Å²) in [5.74, 6) is -0.159. The molecule has 100 valence electrons. The molecule has 5 nitrogen and oxygen atoms in total. The quantitative estimate of drug-likeness (QED) is 0.822. The second-order valence-corrected chi connectivity index (χ2v) is 6.45. The number of rotatable bonds is 5. The number of nitrogens with one attached hydrogen (secondary N) is 1. The zero-order chi connectivity index (χ0) is 13.8. The van der Waals surface area contributed by atoms with E-state index < -0.39 is 15.7 Å². The van der Waals surface area contributed by atoms with Gasteiger partial charge in [-0.25, -0.2) is 13.9 Å². The van der Waals surface area contributed by atoms with Gasteiger partial charge in [-0.15, -0.1) is 0 Å². The van der Waals surface area contributed by atoms with Gasteiger partial charge in [0.1, 0.15) is 0 Å². The maximum Gasteiger partial charge on any atom is 0.274 e. The van der Waals surface area contributed by atoms with Gasteiger partial charge in [0.2, 0.25) is 0 Å². The summed E-state index contributed by atoms with van der Waals surface area (Å²) in [6, 6.07) is 5.82. The lowest BCUT2D eigenvalue weighted by molar-refractivity contribution is 0.0208. The first-order valence-corrected chi connectivity index (χ1v) is 7.42. The van der Waals surface area contributed by atoms with E-state index in [9.17, 15) is 13.2 Å². The van der Waals surface area contributed by atoms with Crippen LogP contribution in [0.3, 0.4) is 0 Å². The van der Waals surface area contributed by atoms with Gasteiger partial charge in [-0.3, -0.25) is 9.63 Å². The van der Waals surface area contributed by atoms with Gasteiger partial charge < -0.3 is 0 Å². The van der Waals surface area contributed by atoms with Crippen molar-refractivity contribution in [1.29, 1.82) is 0 Å². The van der Waals surface area contributed by atoms with E-state index in [1.807, 2.05) is 13.8 Å². The van der Waals surface area contributed by atoms with Gasteiger partial charge in [-0.1, -0.05) is 19.9 Å². The van der Waals surface area contributed by atoms with Crippen LogP contribution in [0.2, 0.25) is 0 Å². The lowest BCUT2D eigenvalue weighted by atomic mass is 10.2. The molecule has 0 saturated heterocycles. The summed E-state index contributed by atoms with van der Waals surface area (Å²) in [4.78, 5) is 16.8. The molecule has 0 aromatic heterocycles. The summed E-state index contributed by atoms with van der Waals surface area (Å²) in [6.45, 7) is 4.31. The average Bonchev–Trinajstić information content (AvgIpc) is 2.27. The fourth-order valence-electron chi connectivity index (χ4n) is 1.20. The van der Waals surface area contributed by atoms with E-state index in [1.165, 1.54) is 24.3 Å². The van der Waals surface area contributed by atoms with Crippen molar-refractivity contribution < 1.29 is 18.0 Å². The van der Waals surface area contributed by atoms with Crippen LogP contribution in [0.5, 0.6) is 0 Å². The van der Waals surface area contributed by atoms with Crippen LogP contribution in [-0.4, -0.2) is 27.2 Å². The normalized spacial score (nSPS) is 11.6. The Kier molecular flexibility index (Phi) is 4.86. The number of hydrogen-bond acceptors (Lipinski definition) is 4. The monoisotopic (exact) mass is 271 g/mol. The Morgan fingerprint density at radius 1 is 1.39 bits per heavy atom. The highest BCUT2D eigenvalue weighted by atomic mass is 32.2. The van der Waals surface area contributed by atoms with Crippen molar-refractivity contribution in [3.05, 3.63) is 29.8 Å². The molecule has 0 saturated carbocycles. The Hall–Kier alpha value is -1.40. The molecule has 1 rings (SSSR count). The van der Waals surface area contributed by atoms with Gasteiger partial charge in [0.05, 0.1) is 11.5 Å². The number of amides is 1. The van der Waals surface area contributed by atoms with E-state index in [2.05, 4.69) is 5.48 Å². The standard InChI is InChI=1S/C12H17NO4S/c1-9(2)8-17-13-12(14)10-5-4-6-11(7-10)18(3,15)16/h4-7,9H,8H2,1-3H3,(H,13,14). The third-order valence-corrected chi connectivity index (χ3v) is 3.22. The van der Waals surface area contributed by atoms with Crippen molar-refractivity contribution in [2.24, 2.45) is 5.92 Å². The van der Waals surface area contributed by atoms with Crippen LogP contribution in [0.4, 0.5) is 0 Å². The molecule has 0 fully saturated rings. The third-order valence-electron chi connectivity index (χ3n) is 2.11. The zero-order valence-corrected chi connectivity index (χ0v) is 11.5. The molecule has 1 amide bonds. The summed E-state index contributed by atoms with van der Waals surface area (Å²) in [5.41, 5.74) is 2.53. The summed E-state index contributed by atoms with van der Waals surface area (Å²) in [7, 11) is -3.31. The maximum atomic E-state index is 11.7. The molecule has 0 unspecified atom stereocenters. The number of hydroxylamine groups is 1.